The number of alkyl halides is 1. The molecule has 1 heterocycles. The Bertz CT molecular complexity index is 408. The van der Waals surface area contributed by atoms with Gasteiger partial charge in [-0.1, -0.05) is 17.7 Å². The highest BCUT2D eigenvalue weighted by atomic mass is 35.5. The van der Waals surface area contributed by atoms with Crippen LogP contribution in [-0.4, -0.2) is 18.2 Å². The third-order valence-electron chi connectivity index (χ3n) is 1.63. The standard InChI is InChI=1S/C11H12ClFN2O.C2H4/c12-11-8-10(4-7-15-11)16-9(3-5-13)2-1-6-14;1-2/h1-4,7-8H,5-6,14H2;1-2H2/b2-1-,9-3+;. The van der Waals surface area contributed by atoms with Gasteiger partial charge in [-0.15, -0.1) is 13.2 Å². The van der Waals surface area contributed by atoms with Crippen molar-refractivity contribution >= 4 is 11.6 Å². The molecule has 0 unspecified atom stereocenters. The van der Waals surface area contributed by atoms with E-state index >= 15 is 0 Å². The maximum atomic E-state index is 12.2. The second-order valence-corrected chi connectivity index (χ2v) is 3.20. The molecule has 0 aliphatic carbocycles. The summed E-state index contributed by atoms with van der Waals surface area (Å²) in [5.41, 5.74) is 5.30. The van der Waals surface area contributed by atoms with E-state index in [1.165, 1.54) is 12.3 Å². The van der Waals surface area contributed by atoms with E-state index in [2.05, 4.69) is 18.1 Å². The Morgan fingerprint density at radius 1 is 1.56 bits per heavy atom. The number of allylic oxidation sites excluding steroid dienone is 2. The van der Waals surface area contributed by atoms with Gasteiger partial charge in [-0.3, -0.25) is 0 Å². The third-order valence-corrected chi connectivity index (χ3v) is 1.84. The van der Waals surface area contributed by atoms with Crippen LogP contribution in [0.5, 0.6) is 5.75 Å². The van der Waals surface area contributed by atoms with Crippen molar-refractivity contribution < 1.29 is 9.13 Å². The first-order valence-corrected chi connectivity index (χ1v) is 5.56. The number of nitrogens with two attached hydrogens (primary N) is 1. The van der Waals surface area contributed by atoms with Crippen LogP contribution in [0, 0.1) is 0 Å². The van der Waals surface area contributed by atoms with Crippen molar-refractivity contribution in [3.8, 4) is 5.75 Å². The van der Waals surface area contributed by atoms with Gasteiger partial charge in [-0.25, -0.2) is 9.37 Å². The molecule has 0 amide bonds. The number of halogens is 2. The Hall–Kier alpha value is -1.65. The number of hydrogen-bond donors (Lipinski definition) is 1. The van der Waals surface area contributed by atoms with E-state index in [1.54, 1.807) is 24.3 Å². The second kappa shape index (κ2) is 10.5. The molecule has 0 bridgehead atoms. The minimum absolute atomic E-state index is 0.319. The van der Waals surface area contributed by atoms with E-state index in [9.17, 15) is 4.39 Å². The van der Waals surface area contributed by atoms with Gasteiger partial charge in [0.25, 0.3) is 0 Å². The fourth-order valence-corrected chi connectivity index (χ4v) is 1.15. The van der Waals surface area contributed by atoms with E-state index in [-0.39, 0.29) is 0 Å². The summed E-state index contributed by atoms with van der Waals surface area (Å²) in [7, 11) is 0. The molecular weight excluding hydrogens is 255 g/mol. The van der Waals surface area contributed by atoms with Crippen molar-refractivity contribution in [2.24, 2.45) is 5.73 Å². The SMILES string of the molecule is C=C.NC/C=C\C(=C/CF)Oc1ccnc(Cl)c1. The van der Waals surface area contributed by atoms with Gasteiger partial charge in [0, 0.05) is 18.8 Å². The number of pyridine rings is 1. The topological polar surface area (TPSA) is 48.1 Å². The van der Waals surface area contributed by atoms with Gasteiger partial charge in [-0.2, -0.15) is 0 Å². The van der Waals surface area contributed by atoms with Crippen LogP contribution in [0.3, 0.4) is 0 Å². The van der Waals surface area contributed by atoms with E-state index in [1.807, 2.05) is 0 Å². The Morgan fingerprint density at radius 3 is 2.83 bits per heavy atom. The molecule has 0 saturated carbocycles. The predicted octanol–water partition coefficient (Wildman–Crippen LogP) is 3.28. The highest BCUT2D eigenvalue weighted by Crippen LogP contribution is 2.17. The zero-order chi connectivity index (χ0) is 13.8. The van der Waals surface area contributed by atoms with E-state index < -0.39 is 6.67 Å². The minimum atomic E-state index is -0.608. The fraction of sp³-hybridized carbons (Fsp3) is 0.154. The summed E-state index contributed by atoms with van der Waals surface area (Å²) in [4.78, 5) is 3.81. The monoisotopic (exact) mass is 270 g/mol. The van der Waals surface area contributed by atoms with E-state index in [0.29, 0.717) is 23.2 Å². The first-order chi connectivity index (χ1) is 8.76. The molecule has 1 aromatic heterocycles. The molecule has 0 radical (unpaired) electrons. The van der Waals surface area contributed by atoms with Gasteiger partial charge in [0.05, 0.1) is 0 Å². The molecule has 1 rings (SSSR count). The van der Waals surface area contributed by atoms with Crippen LogP contribution < -0.4 is 10.5 Å². The average molecular weight is 271 g/mol. The molecule has 0 saturated heterocycles. The Balaban J connectivity index is 0.00000137. The first-order valence-electron chi connectivity index (χ1n) is 5.18. The molecule has 1 aromatic rings. The highest BCUT2D eigenvalue weighted by Gasteiger charge is 1.98. The smallest absolute Gasteiger partial charge is 0.132 e. The van der Waals surface area contributed by atoms with Crippen LogP contribution in [0.25, 0.3) is 0 Å². The van der Waals surface area contributed by atoms with E-state index in [0.717, 1.165) is 0 Å². The molecule has 0 spiro atoms. The molecule has 5 heteroatoms. The number of ether oxygens (including phenoxy) is 1. The predicted molar refractivity (Wildman–Crippen MR) is 73.4 cm³/mol. The summed E-state index contributed by atoms with van der Waals surface area (Å²) in [6.45, 7) is 5.76. The summed E-state index contributed by atoms with van der Waals surface area (Å²) in [6.07, 6.45) is 6.09. The van der Waals surface area contributed by atoms with Crippen molar-refractivity contribution in [3.05, 3.63) is 60.6 Å². The molecule has 18 heavy (non-hydrogen) atoms. The lowest BCUT2D eigenvalue weighted by atomic mass is 10.4. The fourth-order valence-electron chi connectivity index (χ4n) is 0.988. The molecule has 0 aliphatic heterocycles. The Morgan fingerprint density at radius 2 is 2.28 bits per heavy atom. The van der Waals surface area contributed by atoms with Gasteiger partial charge in [0.15, 0.2) is 0 Å². The summed E-state index contributed by atoms with van der Waals surface area (Å²) in [5, 5.41) is 0.319. The molecule has 0 aromatic carbocycles. The summed E-state index contributed by atoms with van der Waals surface area (Å²) < 4.78 is 17.6. The van der Waals surface area contributed by atoms with Crippen molar-refractivity contribution in [3.63, 3.8) is 0 Å². The first kappa shape index (κ1) is 16.4. The van der Waals surface area contributed by atoms with Gasteiger partial charge < -0.3 is 10.5 Å². The molecule has 0 aliphatic rings. The number of nitrogens with zero attached hydrogens (tertiary/aromatic N) is 1. The Labute approximate surface area is 111 Å². The maximum Gasteiger partial charge on any atom is 0.132 e. The van der Waals surface area contributed by atoms with Crippen LogP contribution in [0.1, 0.15) is 0 Å². The minimum Gasteiger partial charge on any atom is -0.457 e. The lowest BCUT2D eigenvalue weighted by Gasteiger charge is -2.05. The summed E-state index contributed by atoms with van der Waals surface area (Å²) >= 11 is 5.69. The quantitative estimate of drug-likeness (QED) is 0.387. The average Bonchev–Trinajstić information content (AvgIpc) is 2.39. The third kappa shape index (κ3) is 6.83. The number of hydrogen-bond acceptors (Lipinski definition) is 3. The normalized spacial score (nSPS) is 10.9. The van der Waals surface area contributed by atoms with Gasteiger partial charge in [0.1, 0.15) is 23.3 Å². The summed E-state index contributed by atoms with van der Waals surface area (Å²) in [5.74, 6) is 0.886. The second-order valence-electron chi connectivity index (χ2n) is 2.82. The molecule has 0 fully saturated rings. The molecule has 98 valence electrons. The largest absolute Gasteiger partial charge is 0.457 e. The van der Waals surface area contributed by atoms with E-state index in [4.69, 9.17) is 22.1 Å². The maximum absolute atomic E-state index is 12.2. The molecule has 2 N–H and O–H groups in total. The Kier molecular flexibility index (Phi) is 9.54. The lowest BCUT2D eigenvalue weighted by molar-refractivity contribution is 0.434. The molecule has 0 atom stereocenters. The van der Waals surface area contributed by atoms with Crippen LogP contribution in [-0.2, 0) is 0 Å². The van der Waals surface area contributed by atoms with Crippen molar-refractivity contribution in [1.29, 1.82) is 0 Å². The van der Waals surface area contributed by atoms with Crippen LogP contribution in [0.4, 0.5) is 4.39 Å². The number of rotatable bonds is 5. The van der Waals surface area contributed by atoms with Crippen molar-refractivity contribution in [2.45, 2.75) is 0 Å². The molecular formula is C13H16ClFN2O. The summed E-state index contributed by atoms with van der Waals surface area (Å²) in [6, 6.07) is 3.18. The van der Waals surface area contributed by atoms with Crippen LogP contribution in [0.15, 0.2) is 55.5 Å². The van der Waals surface area contributed by atoms with Gasteiger partial charge in [-0.05, 0) is 18.2 Å². The number of aromatic nitrogens is 1. The zero-order valence-electron chi connectivity index (χ0n) is 9.98. The van der Waals surface area contributed by atoms with Gasteiger partial charge in [0.2, 0.25) is 0 Å². The van der Waals surface area contributed by atoms with Crippen LogP contribution >= 0.6 is 11.6 Å². The van der Waals surface area contributed by atoms with Crippen molar-refractivity contribution in [2.75, 3.05) is 13.2 Å². The lowest BCUT2D eigenvalue weighted by Crippen LogP contribution is -1.97. The van der Waals surface area contributed by atoms with Gasteiger partial charge >= 0.3 is 0 Å². The van der Waals surface area contributed by atoms with Crippen LogP contribution in [0.2, 0.25) is 5.15 Å². The van der Waals surface area contributed by atoms with Crippen molar-refractivity contribution in [1.82, 2.24) is 4.98 Å². The zero-order valence-corrected chi connectivity index (χ0v) is 10.7. The highest BCUT2D eigenvalue weighted by molar-refractivity contribution is 6.29. The molecule has 3 nitrogen and oxygen atoms in total.